The van der Waals surface area contributed by atoms with Gasteiger partial charge < -0.3 is 9.88 Å². The summed E-state index contributed by atoms with van der Waals surface area (Å²) in [6, 6.07) is 3.63. The normalized spacial score (nSPS) is 11.2. The number of carbonyl (C=O) groups excluding carboxylic acids is 1. The number of hydrogen-bond donors (Lipinski definition) is 2. The van der Waals surface area contributed by atoms with Gasteiger partial charge in [0.2, 0.25) is 0 Å². The first-order valence-corrected chi connectivity index (χ1v) is 8.51. The summed E-state index contributed by atoms with van der Waals surface area (Å²) in [6.07, 6.45) is 1.73. The van der Waals surface area contributed by atoms with Crippen molar-refractivity contribution in [1.82, 2.24) is 19.5 Å². The van der Waals surface area contributed by atoms with E-state index in [0.717, 1.165) is 21.4 Å². The molecule has 0 aliphatic rings. The Labute approximate surface area is 139 Å². The molecule has 0 aliphatic heterocycles. The first-order valence-electron chi connectivity index (χ1n) is 6.81. The zero-order chi connectivity index (χ0) is 16.0. The number of thiazole rings is 1. The van der Waals surface area contributed by atoms with Crippen LogP contribution in [0.4, 0.5) is 10.9 Å². The monoisotopic (exact) mass is 344 g/mol. The Morgan fingerprint density at radius 1 is 1.30 bits per heavy atom. The predicted molar refractivity (Wildman–Crippen MR) is 93.5 cm³/mol. The lowest BCUT2D eigenvalue weighted by Crippen LogP contribution is -2.09. The quantitative estimate of drug-likeness (QED) is 0.597. The molecule has 4 aromatic rings. The average Bonchev–Trinajstić information content (AvgIpc) is 3.25. The van der Waals surface area contributed by atoms with Crippen LogP contribution in [0.2, 0.25) is 0 Å². The molecular weight excluding hydrogens is 332 g/mol. The van der Waals surface area contributed by atoms with E-state index in [1.54, 1.807) is 12.4 Å². The third kappa shape index (κ3) is 2.25. The van der Waals surface area contributed by atoms with Gasteiger partial charge in [0.05, 0.1) is 11.2 Å². The van der Waals surface area contributed by atoms with Crippen molar-refractivity contribution in [2.24, 2.45) is 7.05 Å². The van der Waals surface area contributed by atoms with Gasteiger partial charge in [-0.15, -0.1) is 11.3 Å². The van der Waals surface area contributed by atoms with Gasteiger partial charge in [-0.1, -0.05) is 17.4 Å². The molecule has 4 rings (SSSR count). The largest absolute Gasteiger partial charge is 0.371 e. The highest BCUT2D eigenvalue weighted by Gasteiger charge is 2.17. The maximum absolute atomic E-state index is 12.2. The summed E-state index contributed by atoms with van der Waals surface area (Å²) in [5.74, 6) is 0.544. The molecule has 0 fully saturated rings. The number of hydrogen-bond acceptors (Lipinski definition) is 7. The van der Waals surface area contributed by atoms with Crippen molar-refractivity contribution in [1.29, 1.82) is 0 Å². The molecule has 0 bridgehead atoms. The van der Waals surface area contributed by atoms with Crippen LogP contribution < -0.4 is 10.6 Å². The molecule has 9 heteroatoms. The van der Waals surface area contributed by atoms with Gasteiger partial charge in [-0.05, 0) is 11.4 Å². The fraction of sp³-hybridized carbons (Fsp3) is 0.143. The Morgan fingerprint density at radius 3 is 2.91 bits per heavy atom. The smallest absolute Gasteiger partial charge is 0.267 e. The lowest BCUT2D eigenvalue weighted by Gasteiger charge is -2.01. The van der Waals surface area contributed by atoms with Gasteiger partial charge in [-0.25, -0.2) is 15.0 Å². The fourth-order valence-corrected chi connectivity index (χ4v) is 3.83. The van der Waals surface area contributed by atoms with Crippen LogP contribution in [0.5, 0.6) is 0 Å². The molecule has 0 atom stereocenters. The number of fused-ring (bicyclic) bond motifs is 3. The average molecular weight is 344 g/mol. The Bertz CT molecular complexity index is 1020. The van der Waals surface area contributed by atoms with Crippen LogP contribution in [-0.2, 0) is 7.05 Å². The number of nitrogens with one attached hydrogen (secondary N) is 2. The summed E-state index contributed by atoms with van der Waals surface area (Å²) >= 11 is 2.74. The third-order valence-electron chi connectivity index (χ3n) is 3.41. The van der Waals surface area contributed by atoms with Crippen LogP contribution >= 0.6 is 22.7 Å². The summed E-state index contributed by atoms with van der Waals surface area (Å²) in [5, 5.41) is 8.29. The van der Waals surface area contributed by atoms with Gasteiger partial charge in [-0.2, -0.15) is 0 Å². The number of rotatable bonds is 3. The lowest BCUT2D eigenvalue weighted by atomic mass is 10.3. The number of amides is 1. The van der Waals surface area contributed by atoms with Crippen molar-refractivity contribution in [2.75, 3.05) is 17.7 Å². The topological polar surface area (TPSA) is 84.7 Å². The molecule has 0 saturated carbocycles. The number of aromatic nitrogens is 4. The van der Waals surface area contributed by atoms with Crippen LogP contribution in [0, 0.1) is 0 Å². The van der Waals surface area contributed by atoms with Crippen molar-refractivity contribution in [3.8, 4) is 0 Å². The van der Waals surface area contributed by atoms with E-state index in [9.17, 15) is 4.79 Å². The maximum Gasteiger partial charge on any atom is 0.267 e. The molecule has 4 aromatic heterocycles. The van der Waals surface area contributed by atoms with Crippen molar-refractivity contribution in [2.45, 2.75) is 0 Å². The van der Waals surface area contributed by atoms with E-state index in [1.165, 1.54) is 22.7 Å². The van der Waals surface area contributed by atoms with Gasteiger partial charge in [0.25, 0.3) is 5.91 Å². The molecule has 0 aliphatic carbocycles. The van der Waals surface area contributed by atoms with Gasteiger partial charge in [0, 0.05) is 14.1 Å². The number of nitrogens with zero attached hydrogens (tertiary/aromatic N) is 4. The van der Waals surface area contributed by atoms with E-state index in [2.05, 4.69) is 25.6 Å². The van der Waals surface area contributed by atoms with Crippen LogP contribution in [0.25, 0.3) is 21.4 Å². The lowest BCUT2D eigenvalue weighted by molar-refractivity contribution is 0.103. The van der Waals surface area contributed by atoms with Crippen LogP contribution in [0.15, 0.2) is 23.8 Å². The summed E-state index contributed by atoms with van der Waals surface area (Å²) in [5.41, 5.74) is 2.40. The zero-order valence-corrected chi connectivity index (χ0v) is 14.0. The first-order chi connectivity index (χ1) is 11.2. The van der Waals surface area contributed by atoms with E-state index in [4.69, 9.17) is 0 Å². The summed E-state index contributed by atoms with van der Waals surface area (Å²) < 4.78 is 1.91. The third-order valence-corrected chi connectivity index (χ3v) is 5.14. The predicted octanol–water partition coefficient (Wildman–Crippen LogP) is 2.93. The van der Waals surface area contributed by atoms with Crippen LogP contribution in [0.1, 0.15) is 9.67 Å². The Balaban J connectivity index is 1.83. The second-order valence-corrected chi connectivity index (χ2v) is 6.79. The number of anilines is 2. The Hall–Kier alpha value is -2.52. The standard InChI is InChI=1S/C14H12N6OS2/c1-15-11-8-10(20(2)6-16-8)9-13(18-11)23-14(17-9)19-12(21)7-4-3-5-22-7/h3-6H,1-2H3,(H,15,18)(H,17,19,21). The molecule has 1 amide bonds. The zero-order valence-electron chi connectivity index (χ0n) is 12.3. The van der Waals surface area contributed by atoms with E-state index in [0.29, 0.717) is 15.8 Å². The maximum atomic E-state index is 12.2. The van der Waals surface area contributed by atoms with Gasteiger partial charge in [0.15, 0.2) is 10.9 Å². The SMILES string of the molecule is CNc1nc2sc(NC(=O)c3cccs3)nc2c2c1ncn2C. The minimum Gasteiger partial charge on any atom is -0.371 e. The minimum atomic E-state index is -0.158. The molecule has 23 heavy (non-hydrogen) atoms. The van der Waals surface area contributed by atoms with E-state index < -0.39 is 0 Å². The Kier molecular flexibility index (Phi) is 3.24. The van der Waals surface area contributed by atoms with Crippen LogP contribution in [-0.4, -0.2) is 32.5 Å². The number of aryl methyl sites for hydroxylation is 1. The fourth-order valence-electron chi connectivity index (χ4n) is 2.37. The molecule has 4 heterocycles. The second-order valence-electron chi connectivity index (χ2n) is 4.87. The molecule has 0 saturated heterocycles. The highest BCUT2D eigenvalue weighted by molar-refractivity contribution is 7.22. The number of thiophene rings is 1. The molecule has 0 spiro atoms. The van der Waals surface area contributed by atoms with Gasteiger partial charge in [-0.3, -0.25) is 10.1 Å². The summed E-state index contributed by atoms with van der Waals surface area (Å²) in [7, 11) is 3.72. The van der Waals surface area contributed by atoms with Crippen molar-refractivity contribution < 1.29 is 4.79 Å². The van der Waals surface area contributed by atoms with E-state index in [1.807, 2.05) is 30.1 Å². The molecule has 7 nitrogen and oxygen atoms in total. The number of pyridine rings is 1. The molecule has 116 valence electrons. The minimum absolute atomic E-state index is 0.158. The number of carbonyl (C=O) groups is 1. The molecule has 0 aromatic carbocycles. The van der Waals surface area contributed by atoms with Gasteiger partial charge >= 0.3 is 0 Å². The van der Waals surface area contributed by atoms with Crippen molar-refractivity contribution in [3.05, 3.63) is 28.7 Å². The van der Waals surface area contributed by atoms with E-state index >= 15 is 0 Å². The molecule has 0 unspecified atom stereocenters. The molecule has 0 radical (unpaired) electrons. The second kappa shape index (κ2) is 5.28. The van der Waals surface area contributed by atoms with Crippen LogP contribution in [0.3, 0.4) is 0 Å². The molecular formula is C14H12N6OS2. The van der Waals surface area contributed by atoms with Crippen molar-refractivity contribution >= 4 is 60.9 Å². The first kappa shape index (κ1) is 14.1. The highest BCUT2D eigenvalue weighted by atomic mass is 32.1. The summed E-state index contributed by atoms with van der Waals surface area (Å²) in [4.78, 5) is 27.0. The number of imidazole rings is 1. The van der Waals surface area contributed by atoms with Gasteiger partial charge in [0.1, 0.15) is 21.4 Å². The van der Waals surface area contributed by atoms with Crippen molar-refractivity contribution in [3.63, 3.8) is 0 Å². The molecule has 2 N–H and O–H groups in total. The van der Waals surface area contributed by atoms with E-state index in [-0.39, 0.29) is 5.91 Å². The Morgan fingerprint density at radius 2 is 2.17 bits per heavy atom. The highest BCUT2D eigenvalue weighted by Crippen LogP contribution is 2.33. The summed E-state index contributed by atoms with van der Waals surface area (Å²) in [6.45, 7) is 0.